The molecule has 1 saturated heterocycles. The lowest BCUT2D eigenvalue weighted by molar-refractivity contribution is 0.288. The number of rotatable bonds is 8. The van der Waals surface area contributed by atoms with Gasteiger partial charge in [0.15, 0.2) is 11.5 Å². The second-order valence-electron chi connectivity index (χ2n) is 8.14. The minimum Gasteiger partial charge on any atom is -0.493 e. The molecular weight excluding hydrogens is 472 g/mol. The molecule has 10 heteroatoms. The third-order valence-corrected chi connectivity index (χ3v) is 8.44. The molecule has 34 heavy (non-hydrogen) atoms. The van der Waals surface area contributed by atoms with Crippen molar-refractivity contribution in [1.29, 1.82) is 0 Å². The zero-order valence-corrected chi connectivity index (χ0v) is 21.0. The third kappa shape index (κ3) is 5.40. The first kappa shape index (κ1) is 24.2. The third-order valence-electron chi connectivity index (χ3n) is 5.80. The highest BCUT2D eigenvalue weighted by atomic mass is 32.2. The minimum absolute atomic E-state index is 0.300. The van der Waals surface area contributed by atoms with Gasteiger partial charge in [0.1, 0.15) is 0 Å². The van der Waals surface area contributed by atoms with E-state index in [1.165, 1.54) is 11.3 Å². The molecule has 1 aliphatic heterocycles. The van der Waals surface area contributed by atoms with Crippen molar-refractivity contribution in [2.45, 2.75) is 24.7 Å². The molecular formula is C24H28N4O4S2. The highest BCUT2D eigenvalue weighted by Gasteiger charge is 2.28. The highest BCUT2D eigenvalue weighted by molar-refractivity contribution is 7.89. The summed E-state index contributed by atoms with van der Waals surface area (Å²) in [6, 6.07) is 12.5. The molecule has 4 rings (SSSR count). The van der Waals surface area contributed by atoms with Crippen LogP contribution in [0.3, 0.4) is 0 Å². The number of sulfonamides is 1. The largest absolute Gasteiger partial charge is 0.493 e. The van der Waals surface area contributed by atoms with E-state index in [0.717, 1.165) is 24.0 Å². The average Bonchev–Trinajstić information content (AvgIpc) is 3.33. The zero-order valence-electron chi connectivity index (χ0n) is 19.4. The van der Waals surface area contributed by atoms with E-state index in [-0.39, 0.29) is 0 Å². The number of nitrogens with zero attached hydrogens (tertiary/aromatic N) is 3. The SMILES string of the molecule is COc1ccc(/C=N/Nc2nc(-c3cccc(S(=O)(=O)N4CCC(C)CC4)c3)cs2)cc1OC. The van der Waals surface area contributed by atoms with Crippen molar-refractivity contribution in [1.82, 2.24) is 9.29 Å². The molecule has 8 nitrogen and oxygen atoms in total. The van der Waals surface area contributed by atoms with Crippen LogP contribution >= 0.6 is 11.3 Å². The van der Waals surface area contributed by atoms with Crippen LogP contribution in [0.5, 0.6) is 11.5 Å². The zero-order chi connectivity index (χ0) is 24.1. The molecule has 0 aliphatic carbocycles. The van der Waals surface area contributed by atoms with Crippen molar-refractivity contribution in [3.63, 3.8) is 0 Å². The molecule has 0 unspecified atom stereocenters. The van der Waals surface area contributed by atoms with Crippen molar-refractivity contribution in [2.75, 3.05) is 32.7 Å². The van der Waals surface area contributed by atoms with Crippen LogP contribution in [0, 0.1) is 5.92 Å². The van der Waals surface area contributed by atoms with E-state index in [0.29, 0.717) is 46.2 Å². The van der Waals surface area contributed by atoms with Crippen molar-refractivity contribution >= 4 is 32.7 Å². The summed E-state index contributed by atoms with van der Waals surface area (Å²) in [4.78, 5) is 4.86. The van der Waals surface area contributed by atoms with Gasteiger partial charge < -0.3 is 9.47 Å². The van der Waals surface area contributed by atoms with Crippen molar-refractivity contribution in [3.05, 3.63) is 53.4 Å². The molecule has 0 saturated carbocycles. The molecule has 2 heterocycles. The summed E-state index contributed by atoms with van der Waals surface area (Å²) in [5, 5.41) is 6.73. The van der Waals surface area contributed by atoms with Crippen LogP contribution in [-0.2, 0) is 10.0 Å². The number of benzene rings is 2. The number of anilines is 1. The Bertz CT molecular complexity index is 1270. The molecule has 0 amide bonds. The number of hydrazone groups is 1. The van der Waals surface area contributed by atoms with Gasteiger partial charge in [-0.2, -0.15) is 9.41 Å². The van der Waals surface area contributed by atoms with E-state index in [2.05, 4.69) is 22.4 Å². The Balaban J connectivity index is 1.46. The Morgan fingerprint density at radius 2 is 1.88 bits per heavy atom. The van der Waals surface area contributed by atoms with Gasteiger partial charge in [0.2, 0.25) is 15.2 Å². The normalized spacial score (nSPS) is 15.5. The highest BCUT2D eigenvalue weighted by Crippen LogP contribution is 2.30. The topological polar surface area (TPSA) is 93.1 Å². The predicted molar refractivity (Wildman–Crippen MR) is 135 cm³/mol. The molecule has 0 spiro atoms. The fourth-order valence-electron chi connectivity index (χ4n) is 3.74. The van der Waals surface area contributed by atoms with Crippen molar-refractivity contribution in [3.8, 4) is 22.8 Å². The van der Waals surface area contributed by atoms with Gasteiger partial charge in [-0.05, 0) is 54.7 Å². The Morgan fingerprint density at radius 3 is 2.62 bits per heavy atom. The summed E-state index contributed by atoms with van der Waals surface area (Å²) in [6.45, 7) is 3.30. The van der Waals surface area contributed by atoms with Gasteiger partial charge in [0.05, 0.1) is 31.0 Å². The van der Waals surface area contributed by atoms with Crippen LogP contribution in [0.4, 0.5) is 5.13 Å². The number of nitrogens with one attached hydrogen (secondary N) is 1. The summed E-state index contributed by atoms with van der Waals surface area (Å²) >= 11 is 1.39. The van der Waals surface area contributed by atoms with E-state index in [1.807, 2.05) is 29.6 Å². The van der Waals surface area contributed by atoms with E-state index in [9.17, 15) is 8.42 Å². The smallest absolute Gasteiger partial charge is 0.243 e. The Kier molecular flexibility index (Phi) is 7.50. The van der Waals surface area contributed by atoms with Crippen LogP contribution in [0.15, 0.2) is 57.8 Å². The van der Waals surface area contributed by atoms with E-state index >= 15 is 0 Å². The maximum absolute atomic E-state index is 13.1. The Hall–Kier alpha value is -2.95. The molecule has 0 radical (unpaired) electrons. The Labute approximate surface area is 204 Å². The second-order valence-corrected chi connectivity index (χ2v) is 10.9. The van der Waals surface area contributed by atoms with E-state index in [4.69, 9.17) is 9.47 Å². The van der Waals surface area contributed by atoms with Crippen LogP contribution in [0.2, 0.25) is 0 Å². The molecule has 0 atom stereocenters. The summed E-state index contributed by atoms with van der Waals surface area (Å²) in [5.74, 6) is 1.83. The molecule has 1 N–H and O–H groups in total. The van der Waals surface area contributed by atoms with Gasteiger partial charge in [-0.15, -0.1) is 11.3 Å². The first-order valence-corrected chi connectivity index (χ1v) is 13.3. The maximum Gasteiger partial charge on any atom is 0.243 e. The number of piperidine rings is 1. The number of hydrogen-bond donors (Lipinski definition) is 1. The summed E-state index contributed by atoms with van der Waals surface area (Å²) in [5.41, 5.74) is 5.21. The number of aromatic nitrogens is 1. The van der Waals surface area contributed by atoms with Gasteiger partial charge >= 0.3 is 0 Å². The molecule has 1 fully saturated rings. The van der Waals surface area contributed by atoms with E-state index in [1.54, 1.807) is 42.9 Å². The summed E-state index contributed by atoms with van der Waals surface area (Å²) in [7, 11) is -0.340. The number of methoxy groups -OCH3 is 2. The first-order valence-electron chi connectivity index (χ1n) is 11.0. The molecule has 3 aromatic rings. The van der Waals surface area contributed by atoms with Crippen LogP contribution in [-0.4, -0.2) is 51.2 Å². The van der Waals surface area contributed by atoms with Gasteiger partial charge in [-0.1, -0.05) is 19.1 Å². The second kappa shape index (κ2) is 10.5. The van der Waals surface area contributed by atoms with Gasteiger partial charge in [0, 0.05) is 24.0 Å². The monoisotopic (exact) mass is 500 g/mol. The molecule has 2 aromatic carbocycles. The lowest BCUT2D eigenvalue weighted by atomic mass is 10.0. The van der Waals surface area contributed by atoms with Crippen LogP contribution < -0.4 is 14.9 Å². The van der Waals surface area contributed by atoms with Gasteiger partial charge in [-0.3, -0.25) is 5.43 Å². The Morgan fingerprint density at radius 1 is 1.12 bits per heavy atom. The predicted octanol–water partition coefficient (Wildman–Crippen LogP) is 4.69. The van der Waals surface area contributed by atoms with Gasteiger partial charge in [0.25, 0.3) is 0 Å². The van der Waals surface area contributed by atoms with Crippen molar-refractivity contribution < 1.29 is 17.9 Å². The molecule has 1 aromatic heterocycles. The number of ether oxygens (including phenoxy) is 2. The van der Waals surface area contributed by atoms with Crippen LogP contribution in [0.1, 0.15) is 25.3 Å². The standard InChI is InChI=1S/C24H28N4O4S2/c1-17-9-11-28(12-10-17)34(29,30)20-6-4-5-19(14-20)21-16-33-24(26-21)27-25-15-18-7-8-22(31-2)23(13-18)32-3/h4-8,13-17H,9-12H2,1-3H3,(H,26,27)/b25-15+. The lowest BCUT2D eigenvalue weighted by Gasteiger charge is -2.29. The van der Waals surface area contributed by atoms with Gasteiger partial charge in [-0.25, -0.2) is 13.4 Å². The molecule has 180 valence electrons. The fourth-order valence-corrected chi connectivity index (χ4v) is 5.93. The maximum atomic E-state index is 13.1. The molecule has 1 aliphatic rings. The average molecular weight is 501 g/mol. The summed E-state index contributed by atoms with van der Waals surface area (Å²) < 4.78 is 38.3. The molecule has 0 bridgehead atoms. The summed E-state index contributed by atoms with van der Waals surface area (Å²) in [6.07, 6.45) is 3.45. The number of hydrogen-bond acceptors (Lipinski definition) is 8. The van der Waals surface area contributed by atoms with E-state index < -0.39 is 10.0 Å². The van der Waals surface area contributed by atoms with Crippen molar-refractivity contribution in [2.24, 2.45) is 11.0 Å². The van der Waals surface area contributed by atoms with Crippen LogP contribution in [0.25, 0.3) is 11.3 Å². The fraction of sp³-hybridized carbons (Fsp3) is 0.333. The quantitative estimate of drug-likeness (QED) is 0.356. The first-order chi connectivity index (χ1) is 16.4. The lowest BCUT2D eigenvalue weighted by Crippen LogP contribution is -2.37. The number of thiazole rings is 1. The minimum atomic E-state index is -3.51.